The Kier molecular flexibility index (Phi) is 7.17. The molecular formula is C42H50OS. The van der Waals surface area contributed by atoms with Crippen LogP contribution in [0.4, 0.5) is 0 Å². The Balaban J connectivity index is 1.74. The van der Waals surface area contributed by atoms with E-state index in [4.69, 9.17) is 4.42 Å². The summed E-state index contributed by atoms with van der Waals surface area (Å²) in [4.78, 5) is 0. The highest BCUT2D eigenvalue weighted by molar-refractivity contribution is 7.26. The first-order chi connectivity index (χ1) is 20.4. The first-order valence-corrected chi connectivity index (χ1v) is 17.2. The molecule has 0 fully saturated rings. The smallest absolute Gasteiger partial charge is 0.139 e. The molecule has 2 aromatic heterocycles. The largest absolute Gasteiger partial charge is 0.456 e. The van der Waals surface area contributed by atoms with E-state index in [1.807, 2.05) is 11.3 Å². The van der Waals surface area contributed by atoms with E-state index in [1.54, 1.807) is 0 Å². The van der Waals surface area contributed by atoms with Crippen molar-refractivity contribution in [3.05, 3.63) is 82.9 Å². The van der Waals surface area contributed by atoms with Crippen LogP contribution in [0, 0.1) is 0 Å². The van der Waals surface area contributed by atoms with Gasteiger partial charge in [0.2, 0.25) is 0 Å². The summed E-state index contributed by atoms with van der Waals surface area (Å²) in [5, 5.41) is 5.32. The van der Waals surface area contributed by atoms with Crippen LogP contribution in [0.2, 0.25) is 0 Å². The highest BCUT2D eigenvalue weighted by atomic mass is 32.1. The van der Waals surface area contributed by atoms with Gasteiger partial charge in [-0.1, -0.05) is 132 Å². The zero-order valence-electron chi connectivity index (χ0n) is 29.0. The highest BCUT2D eigenvalue weighted by Crippen LogP contribution is 2.50. The maximum atomic E-state index is 6.75. The molecule has 2 heterocycles. The number of fused-ring (bicyclic) bond motifs is 6. The minimum Gasteiger partial charge on any atom is -0.456 e. The minimum absolute atomic E-state index is 0.0169. The zero-order chi connectivity index (χ0) is 32.0. The number of furan rings is 1. The summed E-state index contributed by atoms with van der Waals surface area (Å²) >= 11 is 1.97. The summed E-state index contributed by atoms with van der Waals surface area (Å²) in [6, 6.07) is 23.1. The monoisotopic (exact) mass is 602 g/mol. The summed E-state index contributed by atoms with van der Waals surface area (Å²) < 4.78 is 9.55. The van der Waals surface area contributed by atoms with Gasteiger partial charge in [-0.3, -0.25) is 0 Å². The van der Waals surface area contributed by atoms with E-state index in [-0.39, 0.29) is 21.7 Å². The third-order valence-electron chi connectivity index (χ3n) is 9.55. The summed E-state index contributed by atoms with van der Waals surface area (Å²) in [7, 11) is 0. The molecule has 1 nitrogen and oxygen atoms in total. The molecule has 0 N–H and O–H groups in total. The van der Waals surface area contributed by atoms with Gasteiger partial charge >= 0.3 is 0 Å². The van der Waals surface area contributed by atoms with E-state index in [0.717, 1.165) is 24.0 Å². The summed E-state index contributed by atoms with van der Waals surface area (Å²) in [6.45, 7) is 28.2. The number of hydrogen-bond donors (Lipinski definition) is 0. The van der Waals surface area contributed by atoms with E-state index >= 15 is 0 Å². The Morgan fingerprint density at radius 1 is 0.636 bits per heavy atom. The molecule has 0 aliphatic heterocycles. The molecule has 4 aromatic carbocycles. The molecule has 0 spiro atoms. The molecule has 0 radical (unpaired) electrons. The predicted molar refractivity (Wildman–Crippen MR) is 196 cm³/mol. The Bertz CT molecular complexity index is 2040. The Morgan fingerprint density at radius 3 is 1.93 bits per heavy atom. The molecule has 230 valence electrons. The van der Waals surface area contributed by atoms with Crippen LogP contribution in [0.3, 0.4) is 0 Å². The van der Waals surface area contributed by atoms with Gasteiger partial charge in [0.1, 0.15) is 11.2 Å². The molecule has 0 saturated heterocycles. The Labute approximate surface area is 268 Å². The quantitative estimate of drug-likeness (QED) is 0.196. The average Bonchev–Trinajstić information content (AvgIpc) is 3.48. The topological polar surface area (TPSA) is 13.1 Å². The maximum absolute atomic E-state index is 6.75. The van der Waals surface area contributed by atoms with Crippen molar-refractivity contribution in [3.8, 4) is 11.1 Å². The van der Waals surface area contributed by atoms with Crippen LogP contribution in [-0.2, 0) is 21.7 Å². The van der Waals surface area contributed by atoms with Crippen molar-refractivity contribution in [2.75, 3.05) is 0 Å². The van der Waals surface area contributed by atoms with E-state index in [0.29, 0.717) is 0 Å². The second-order valence-corrected chi connectivity index (χ2v) is 17.8. The second kappa shape index (κ2) is 10.2. The minimum atomic E-state index is -0.0818. The molecule has 0 saturated carbocycles. The van der Waals surface area contributed by atoms with Gasteiger partial charge < -0.3 is 4.42 Å². The molecule has 0 aliphatic rings. The summed E-state index contributed by atoms with van der Waals surface area (Å²) in [6.07, 6.45) is 2.24. The van der Waals surface area contributed by atoms with Crippen LogP contribution in [0.25, 0.3) is 53.2 Å². The highest BCUT2D eigenvalue weighted by Gasteiger charge is 2.32. The van der Waals surface area contributed by atoms with Gasteiger partial charge in [0, 0.05) is 36.5 Å². The van der Waals surface area contributed by atoms with Gasteiger partial charge in [0.05, 0.1) is 0 Å². The van der Waals surface area contributed by atoms with Gasteiger partial charge in [-0.2, -0.15) is 0 Å². The molecule has 6 aromatic rings. The predicted octanol–water partition coefficient (Wildman–Crippen LogP) is 13.6. The van der Waals surface area contributed by atoms with E-state index in [1.165, 1.54) is 64.3 Å². The molecule has 0 aliphatic carbocycles. The van der Waals surface area contributed by atoms with Crippen LogP contribution in [-0.4, -0.2) is 0 Å². The molecule has 0 bridgehead atoms. The van der Waals surface area contributed by atoms with E-state index in [2.05, 4.69) is 144 Å². The van der Waals surface area contributed by atoms with E-state index < -0.39 is 0 Å². The number of benzene rings is 4. The fraction of sp³-hybridized carbons (Fsp3) is 0.429. The van der Waals surface area contributed by atoms with Crippen LogP contribution in [0.15, 0.2) is 65.1 Å². The average molecular weight is 603 g/mol. The first-order valence-electron chi connectivity index (χ1n) is 16.4. The molecule has 0 amide bonds. The van der Waals surface area contributed by atoms with Crippen LogP contribution in [0.5, 0.6) is 0 Å². The van der Waals surface area contributed by atoms with Crippen molar-refractivity contribution in [2.45, 2.75) is 118 Å². The molecular weight excluding hydrogens is 553 g/mol. The number of thiophene rings is 1. The lowest BCUT2D eigenvalue weighted by atomic mass is 9.73. The molecule has 2 heteroatoms. The molecule has 6 rings (SSSR count). The summed E-state index contributed by atoms with van der Waals surface area (Å²) in [5.74, 6) is 0. The van der Waals surface area contributed by atoms with Crippen LogP contribution >= 0.6 is 11.3 Å². The van der Waals surface area contributed by atoms with Gasteiger partial charge in [-0.25, -0.2) is 0 Å². The molecule has 0 unspecified atom stereocenters. The lowest BCUT2D eigenvalue weighted by Gasteiger charge is -2.30. The van der Waals surface area contributed by atoms with Gasteiger partial charge in [0.15, 0.2) is 0 Å². The fourth-order valence-corrected chi connectivity index (χ4v) is 8.92. The van der Waals surface area contributed by atoms with Gasteiger partial charge in [-0.05, 0) is 74.1 Å². The van der Waals surface area contributed by atoms with Crippen molar-refractivity contribution in [1.82, 2.24) is 0 Å². The Morgan fingerprint density at radius 2 is 1.30 bits per heavy atom. The van der Waals surface area contributed by atoms with Gasteiger partial charge in [0.25, 0.3) is 0 Å². The number of rotatable bonds is 4. The molecule has 44 heavy (non-hydrogen) atoms. The normalized spacial score (nSPS) is 13.6. The second-order valence-electron chi connectivity index (χ2n) is 16.7. The SMILES string of the molecule is CCCC(C)(C)c1cc(-c2ccc3c(c2)sc2c(C(C)(C)C)ccc(C(C)(C)C)c23)c(C(C)(C)C)c2c1oc1ccccc12. The van der Waals surface area contributed by atoms with E-state index in [9.17, 15) is 0 Å². The van der Waals surface area contributed by atoms with Crippen molar-refractivity contribution < 1.29 is 4.42 Å². The first kappa shape index (κ1) is 30.9. The lowest BCUT2D eigenvalue weighted by molar-refractivity contribution is 0.469. The van der Waals surface area contributed by atoms with Crippen molar-refractivity contribution in [3.63, 3.8) is 0 Å². The maximum Gasteiger partial charge on any atom is 0.139 e. The van der Waals surface area contributed by atoms with Crippen molar-refractivity contribution in [1.29, 1.82) is 0 Å². The summed E-state index contributed by atoms with van der Waals surface area (Å²) in [5.41, 5.74) is 10.3. The van der Waals surface area contributed by atoms with Crippen molar-refractivity contribution >= 4 is 53.4 Å². The van der Waals surface area contributed by atoms with Gasteiger partial charge in [-0.15, -0.1) is 11.3 Å². The molecule has 0 atom stereocenters. The van der Waals surface area contributed by atoms with Crippen molar-refractivity contribution in [2.24, 2.45) is 0 Å². The van der Waals surface area contributed by atoms with Crippen LogP contribution in [0.1, 0.15) is 118 Å². The number of hydrogen-bond acceptors (Lipinski definition) is 2. The zero-order valence-corrected chi connectivity index (χ0v) is 29.8. The standard InChI is InChI=1S/C42H50OS/c1-13-22-42(11,12)31-24-28(36(41(8,9)10)35-26-16-14-15-17-32(26)43-37(31)35)25-18-19-27-33(23-25)44-38-30(40(5,6)7)21-20-29(34(27)38)39(2,3)4/h14-21,23-24H,13,22H2,1-12H3. The third-order valence-corrected chi connectivity index (χ3v) is 10.7. The van der Waals surface area contributed by atoms with Crippen LogP contribution < -0.4 is 0 Å². The Hall–Kier alpha value is -3.10. The fourth-order valence-electron chi connectivity index (χ4n) is 7.43. The third kappa shape index (κ3) is 4.98. The lowest BCUT2D eigenvalue weighted by Crippen LogP contribution is -2.20. The number of para-hydroxylation sites is 1.